The summed E-state index contributed by atoms with van der Waals surface area (Å²) in [5.41, 5.74) is 4.30. The summed E-state index contributed by atoms with van der Waals surface area (Å²) in [7, 11) is 1.53. The van der Waals surface area contributed by atoms with Crippen LogP contribution in [0.1, 0.15) is 18.1 Å². The van der Waals surface area contributed by atoms with Gasteiger partial charge in [0.1, 0.15) is 6.61 Å². The molecule has 0 atom stereocenters. The fourth-order valence-electron chi connectivity index (χ4n) is 3.81. The van der Waals surface area contributed by atoms with Crippen molar-refractivity contribution in [1.29, 1.82) is 0 Å². The van der Waals surface area contributed by atoms with Gasteiger partial charge in [-0.15, -0.1) is 11.3 Å². The third kappa shape index (κ3) is 5.25. The molecule has 0 unspecified atom stereocenters. The maximum Gasteiger partial charge on any atom is 0.282 e. The Hall–Kier alpha value is -3.65. The van der Waals surface area contributed by atoms with E-state index in [0.29, 0.717) is 43.5 Å². The highest BCUT2D eigenvalue weighted by atomic mass is 35.5. The van der Waals surface area contributed by atoms with Crippen LogP contribution in [0.15, 0.2) is 82.8 Å². The zero-order chi connectivity index (χ0) is 25.9. The third-order valence-electron chi connectivity index (χ3n) is 5.70. The van der Waals surface area contributed by atoms with Crippen LogP contribution >= 0.6 is 34.5 Å². The highest BCUT2D eigenvalue weighted by molar-refractivity contribution is 7.14. The van der Waals surface area contributed by atoms with E-state index in [1.54, 1.807) is 31.2 Å². The Morgan fingerprint density at radius 1 is 1.03 bits per heavy atom. The number of thiazole rings is 1. The normalized spacial score (nSPS) is 14.3. The second-order valence-electron chi connectivity index (χ2n) is 8.16. The number of nitrogens with zero attached hydrogens (tertiary/aromatic N) is 3. The number of carbonyl (C=O) groups excluding carboxylic acids is 1. The van der Waals surface area contributed by atoms with Gasteiger partial charge in [0.05, 0.1) is 29.1 Å². The molecule has 186 valence electrons. The maximum atomic E-state index is 13.3. The zero-order valence-corrected chi connectivity index (χ0v) is 22.3. The summed E-state index contributed by atoms with van der Waals surface area (Å²) in [5.74, 6) is 0.573. The summed E-state index contributed by atoms with van der Waals surface area (Å²) in [6.45, 7) is 2.02. The van der Waals surface area contributed by atoms with Gasteiger partial charge in [-0.05, 0) is 36.8 Å². The quantitative estimate of drug-likeness (QED) is 0.224. The van der Waals surface area contributed by atoms with Gasteiger partial charge in [-0.2, -0.15) is 10.1 Å². The minimum absolute atomic E-state index is 0.230. The molecule has 4 aromatic rings. The lowest BCUT2D eigenvalue weighted by Gasteiger charge is -2.14. The molecule has 0 aliphatic carbocycles. The Bertz CT molecular complexity index is 1530. The number of ether oxygens (including phenoxy) is 2. The molecule has 2 heterocycles. The number of aromatic nitrogens is 1. The predicted octanol–water partition coefficient (Wildman–Crippen LogP) is 7.51. The van der Waals surface area contributed by atoms with Crippen molar-refractivity contribution < 1.29 is 14.3 Å². The first-order valence-corrected chi connectivity index (χ1v) is 12.9. The van der Waals surface area contributed by atoms with Gasteiger partial charge >= 0.3 is 0 Å². The standard InChI is InChI=1S/C28H21Cl2N3O3S/c1-17-21(27(34)33(32-17)28-31-24(16-37-28)19-8-4-3-5-9-19)12-18-13-23(30)26(25(14-18)35-2)36-15-20-10-6-7-11-22(20)29/h3-14,16H,15H2,1-2H3. The lowest BCUT2D eigenvalue weighted by Crippen LogP contribution is -2.21. The molecule has 1 aliphatic heterocycles. The van der Waals surface area contributed by atoms with Crippen LogP contribution in [0.25, 0.3) is 17.3 Å². The number of hydrogen-bond donors (Lipinski definition) is 0. The number of amides is 1. The molecule has 9 heteroatoms. The van der Waals surface area contributed by atoms with Gasteiger partial charge in [-0.3, -0.25) is 4.79 Å². The third-order valence-corrected chi connectivity index (χ3v) is 7.16. The van der Waals surface area contributed by atoms with Crippen LogP contribution in [-0.2, 0) is 11.4 Å². The molecule has 1 aromatic heterocycles. The first-order chi connectivity index (χ1) is 17.9. The van der Waals surface area contributed by atoms with Gasteiger partial charge in [0, 0.05) is 21.5 Å². The van der Waals surface area contributed by atoms with Gasteiger partial charge < -0.3 is 9.47 Å². The fraction of sp³-hybridized carbons (Fsp3) is 0.107. The van der Waals surface area contributed by atoms with E-state index in [9.17, 15) is 4.79 Å². The van der Waals surface area contributed by atoms with E-state index in [4.69, 9.17) is 32.7 Å². The highest BCUT2D eigenvalue weighted by Crippen LogP contribution is 2.38. The first-order valence-electron chi connectivity index (χ1n) is 11.3. The Labute approximate surface area is 228 Å². The number of rotatable bonds is 7. The molecular weight excluding hydrogens is 529 g/mol. The van der Waals surface area contributed by atoms with Gasteiger partial charge in [-0.1, -0.05) is 71.7 Å². The molecule has 0 spiro atoms. The number of anilines is 1. The van der Waals surface area contributed by atoms with Crippen LogP contribution < -0.4 is 14.5 Å². The average Bonchev–Trinajstić information content (AvgIpc) is 3.50. The van der Waals surface area contributed by atoms with E-state index >= 15 is 0 Å². The largest absolute Gasteiger partial charge is 0.493 e. The molecule has 3 aromatic carbocycles. The molecule has 0 bridgehead atoms. The van der Waals surface area contributed by atoms with Crippen molar-refractivity contribution in [2.75, 3.05) is 12.1 Å². The van der Waals surface area contributed by atoms with Crippen molar-refractivity contribution in [3.8, 4) is 22.8 Å². The SMILES string of the molecule is COc1cc(C=C2C(=O)N(c3nc(-c4ccccc4)cs3)N=C2C)cc(Cl)c1OCc1ccccc1Cl. The van der Waals surface area contributed by atoms with E-state index in [1.807, 2.05) is 53.9 Å². The molecule has 0 fully saturated rings. The summed E-state index contributed by atoms with van der Waals surface area (Å²) in [6.07, 6.45) is 1.74. The van der Waals surface area contributed by atoms with E-state index in [2.05, 4.69) is 10.1 Å². The molecule has 1 aliphatic rings. The van der Waals surface area contributed by atoms with Crippen molar-refractivity contribution in [3.63, 3.8) is 0 Å². The highest BCUT2D eigenvalue weighted by Gasteiger charge is 2.31. The van der Waals surface area contributed by atoms with Gasteiger partial charge in [-0.25, -0.2) is 4.98 Å². The molecular formula is C28H21Cl2N3O3S. The molecule has 0 radical (unpaired) electrons. The minimum atomic E-state index is -0.263. The van der Waals surface area contributed by atoms with E-state index < -0.39 is 0 Å². The number of benzene rings is 3. The van der Waals surface area contributed by atoms with Gasteiger partial charge in [0.25, 0.3) is 5.91 Å². The second kappa shape index (κ2) is 10.8. The smallest absolute Gasteiger partial charge is 0.282 e. The average molecular weight is 550 g/mol. The molecule has 0 N–H and O–H groups in total. The number of hydrogen-bond acceptors (Lipinski definition) is 6. The monoisotopic (exact) mass is 549 g/mol. The number of methoxy groups -OCH3 is 1. The Kier molecular flexibility index (Phi) is 7.28. The van der Waals surface area contributed by atoms with Crippen LogP contribution in [0.2, 0.25) is 10.0 Å². The fourth-order valence-corrected chi connectivity index (χ4v) is 5.06. The summed E-state index contributed by atoms with van der Waals surface area (Å²) in [5, 5.41) is 9.16. The molecule has 0 saturated carbocycles. The summed E-state index contributed by atoms with van der Waals surface area (Å²) < 4.78 is 11.5. The Morgan fingerprint density at radius 2 is 1.78 bits per heavy atom. The van der Waals surface area contributed by atoms with E-state index in [-0.39, 0.29) is 12.5 Å². The van der Waals surface area contributed by atoms with Crippen LogP contribution in [0.4, 0.5) is 5.13 Å². The van der Waals surface area contributed by atoms with Crippen LogP contribution in [-0.4, -0.2) is 23.7 Å². The van der Waals surface area contributed by atoms with E-state index in [1.165, 1.54) is 23.5 Å². The number of halogens is 2. The zero-order valence-electron chi connectivity index (χ0n) is 19.9. The molecule has 6 nitrogen and oxygen atoms in total. The minimum Gasteiger partial charge on any atom is -0.493 e. The van der Waals surface area contributed by atoms with Crippen molar-refractivity contribution in [2.24, 2.45) is 5.10 Å². The molecule has 37 heavy (non-hydrogen) atoms. The second-order valence-corrected chi connectivity index (χ2v) is 9.81. The predicted molar refractivity (Wildman–Crippen MR) is 150 cm³/mol. The van der Waals surface area contributed by atoms with Gasteiger partial charge in [0.2, 0.25) is 5.13 Å². The first kappa shape index (κ1) is 25.0. The summed E-state index contributed by atoms with van der Waals surface area (Å²) >= 11 is 14.2. The maximum absolute atomic E-state index is 13.3. The van der Waals surface area contributed by atoms with Gasteiger partial charge in [0.15, 0.2) is 11.5 Å². The van der Waals surface area contributed by atoms with Crippen molar-refractivity contribution >= 4 is 57.4 Å². The number of carbonyl (C=O) groups is 1. The Balaban J connectivity index is 1.38. The van der Waals surface area contributed by atoms with Crippen molar-refractivity contribution in [1.82, 2.24) is 4.98 Å². The van der Waals surface area contributed by atoms with E-state index in [0.717, 1.165) is 16.8 Å². The lowest BCUT2D eigenvalue weighted by molar-refractivity contribution is -0.114. The number of hydrazone groups is 1. The van der Waals surface area contributed by atoms with Crippen LogP contribution in [0.3, 0.4) is 0 Å². The van der Waals surface area contributed by atoms with Crippen molar-refractivity contribution in [2.45, 2.75) is 13.5 Å². The summed E-state index contributed by atoms with van der Waals surface area (Å²) in [4.78, 5) is 17.9. The lowest BCUT2D eigenvalue weighted by atomic mass is 10.1. The Morgan fingerprint density at radius 3 is 2.54 bits per heavy atom. The molecule has 1 amide bonds. The van der Waals surface area contributed by atoms with Crippen molar-refractivity contribution in [3.05, 3.63) is 98.9 Å². The van der Waals surface area contributed by atoms with Crippen LogP contribution in [0, 0.1) is 0 Å². The van der Waals surface area contributed by atoms with Crippen LogP contribution in [0.5, 0.6) is 11.5 Å². The topological polar surface area (TPSA) is 64.0 Å². The molecule has 5 rings (SSSR count). The summed E-state index contributed by atoms with van der Waals surface area (Å²) in [6, 6.07) is 20.7. The molecule has 0 saturated heterocycles.